The van der Waals surface area contributed by atoms with Gasteiger partial charge in [-0.1, -0.05) is 37.0 Å². The highest BCUT2D eigenvalue weighted by molar-refractivity contribution is 6.42. The van der Waals surface area contributed by atoms with E-state index in [9.17, 15) is 9.59 Å². The molecule has 0 fully saturated rings. The average molecular weight is 319 g/mol. The predicted molar refractivity (Wildman–Crippen MR) is 79.3 cm³/mol. The van der Waals surface area contributed by atoms with E-state index in [1.807, 2.05) is 0 Å². The molecule has 2 N–H and O–H groups in total. The highest BCUT2D eigenvalue weighted by Gasteiger charge is 2.24. The van der Waals surface area contributed by atoms with Crippen LogP contribution in [0.15, 0.2) is 18.2 Å². The van der Waals surface area contributed by atoms with Gasteiger partial charge in [0, 0.05) is 5.69 Å². The van der Waals surface area contributed by atoms with Gasteiger partial charge in [0.2, 0.25) is 0 Å². The fourth-order valence-corrected chi connectivity index (χ4v) is 1.81. The van der Waals surface area contributed by atoms with E-state index < -0.39 is 18.0 Å². The van der Waals surface area contributed by atoms with E-state index in [0.29, 0.717) is 15.7 Å². The third kappa shape index (κ3) is 4.58. The van der Waals surface area contributed by atoms with Crippen LogP contribution in [0.25, 0.3) is 0 Å². The molecule has 1 atom stereocenters. The molecule has 0 heterocycles. The Bertz CT molecular complexity index is 506. The number of anilines is 1. The minimum absolute atomic E-state index is 0.0954. The number of benzene rings is 1. The van der Waals surface area contributed by atoms with Crippen molar-refractivity contribution in [2.45, 2.75) is 19.9 Å². The van der Waals surface area contributed by atoms with Crippen molar-refractivity contribution in [2.24, 2.45) is 5.92 Å². The Morgan fingerprint density at radius 3 is 2.35 bits per heavy atom. The first-order valence-corrected chi connectivity index (χ1v) is 6.71. The van der Waals surface area contributed by atoms with E-state index in [2.05, 4.69) is 15.4 Å². The van der Waals surface area contributed by atoms with E-state index in [1.54, 1.807) is 26.0 Å². The molecule has 0 saturated heterocycles. The molecule has 0 saturated carbocycles. The molecule has 0 spiro atoms. The number of halogens is 2. The van der Waals surface area contributed by atoms with Gasteiger partial charge in [0.15, 0.2) is 0 Å². The highest BCUT2D eigenvalue weighted by Crippen LogP contribution is 2.24. The Hall–Kier alpha value is -1.46. The van der Waals surface area contributed by atoms with Crippen LogP contribution in [0.5, 0.6) is 0 Å². The van der Waals surface area contributed by atoms with Crippen molar-refractivity contribution in [1.82, 2.24) is 5.32 Å². The lowest BCUT2D eigenvalue weighted by Gasteiger charge is -2.20. The van der Waals surface area contributed by atoms with Crippen LogP contribution in [0.4, 0.5) is 10.5 Å². The Morgan fingerprint density at radius 1 is 1.20 bits per heavy atom. The van der Waals surface area contributed by atoms with E-state index in [1.165, 1.54) is 13.2 Å². The Balaban J connectivity index is 2.70. The van der Waals surface area contributed by atoms with Crippen LogP contribution in [0, 0.1) is 5.92 Å². The number of esters is 1. The molecule has 7 heteroatoms. The molecule has 1 aromatic rings. The Labute approximate surface area is 127 Å². The first kappa shape index (κ1) is 16.6. The number of urea groups is 1. The molecule has 0 aromatic heterocycles. The largest absolute Gasteiger partial charge is 0.467 e. The van der Waals surface area contributed by atoms with Crippen LogP contribution in [0.2, 0.25) is 10.0 Å². The fraction of sp³-hybridized carbons (Fsp3) is 0.385. The number of methoxy groups -OCH3 is 1. The van der Waals surface area contributed by atoms with Gasteiger partial charge in [-0.2, -0.15) is 0 Å². The van der Waals surface area contributed by atoms with Crippen LogP contribution < -0.4 is 10.6 Å². The van der Waals surface area contributed by atoms with Crippen LogP contribution in [-0.4, -0.2) is 25.2 Å². The molecule has 0 aliphatic rings. The number of carbonyl (C=O) groups excluding carboxylic acids is 2. The quantitative estimate of drug-likeness (QED) is 0.837. The molecule has 110 valence electrons. The molecule has 0 aliphatic carbocycles. The van der Waals surface area contributed by atoms with Crippen molar-refractivity contribution in [2.75, 3.05) is 12.4 Å². The van der Waals surface area contributed by atoms with E-state index in [0.717, 1.165) is 0 Å². The standard InChI is InChI=1S/C13H16Cl2N2O3/c1-7(2)11(12(18)20-3)17-13(19)16-8-4-5-9(14)10(15)6-8/h4-7,11H,1-3H3,(H2,16,17,19)/t11-/m0/s1. The summed E-state index contributed by atoms with van der Waals surface area (Å²) in [5, 5.41) is 5.85. The van der Waals surface area contributed by atoms with E-state index in [-0.39, 0.29) is 5.92 Å². The zero-order valence-corrected chi connectivity index (χ0v) is 12.9. The summed E-state index contributed by atoms with van der Waals surface area (Å²) in [4.78, 5) is 23.4. The van der Waals surface area contributed by atoms with Crippen molar-refractivity contribution >= 4 is 40.9 Å². The van der Waals surface area contributed by atoms with Gasteiger partial charge < -0.3 is 15.4 Å². The maximum Gasteiger partial charge on any atom is 0.328 e. The molecular weight excluding hydrogens is 303 g/mol. The van der Waals surface area contributed by atoms with Crippen LogP contribution in [0.1, 0.15) is 13.8 Å². The van der Waals surface area contributed by atoms with Crippen molar-refractivity contribution in [3.05, 3.63) is 28.2 Å². The van der Waals surface area contributed by atoms with Gasteiger partial charge in [0.05, 0.1) is 17.2 Å². The third-order valence-corrected chi connectivity index (χ3v) is 3.32. The summed E-state index contributed by atoms with van der Waals surface area (Å²) in [7, 11) is 1.27. The fourth-order valence-electron chi connectivity index (χ4n) is 1.51. The summed E-state index contributed by atoms with van der Waals surface area (Å²) in [6.07, 6.45) is 0. The van der Waals surface area contributed by atoms with Gasteiger partial charge in [0.1, 0.15) is 6.04 Å². The molecule has 1 aromatic carbocycles. The number of rotatable bonds is 4. The van der Waals surface area contributed by atoms with Gasteiger partial charge in [-0.25, -0.2) is 9.59 Å². The second-order valence-corrected chi connectivity index (χ2v) is 5.29. The molecule has 0 bridgehead atoms. The first-order chi connectivity index (χ1) is 9.35. The zero-order valence-electron chi connectivity index (χ0n) is 11.4. The van der Waals surface area contributed by atoms with Gasteiger partial charge in [-0.05, 0) is 24.1 Å². The van der Waals surface area contributed by atoms with Gasteiger partial charge in [-0.3, -0.25) is 0 Å². The summed E-state index contributed by atoms with van der Waals surface area (Å²) in [6, 6.07) is 3.46. The number of nitrogens with one attached hydrogen (secondary N) is 2. The highest BCUT2D eigenvalue weighted by atomic mass is 35.5. The zero-order chi connectivity index (χ0) is 15.3. The third-order valence-electron chi connectivity index (χ3n) is 2.59. The molecule has 1 rings (SSSR count). The summed E-state index contributed by atoms with van der Waals surface area (Å²) >= 11 is 11.6. The lowest BCUT2D eigenvalue weighted by Crippen LogP contribution is -2.46. The molecule has 20 heavy (non-hydrogen) atoms. The van der Waals surface area contributed by atoms with Crippen LogP contribution >= 0.6 is 23.2 Å². The normalized spacial score (nSPS) is 11.9. The van der Waals surface area contributed by atoms with E-state index in [4.69, 9.17) is 23.2 Å². The summed E-state index contributed by atoms with van der Waals surface area (Å²) in [5.41, 5.74) is 0.476. The molecule has 0 unspecified atom stereocenters. The maximum absolute atomic E-state index is 11.8. The minimum Gasteiger partial charge on any atom is -0.467 e. The molecule has 0 aliphatic heterocycles. The molecule has 0 radical (unpaired) electrons. The summed E-state index contributed by atoms with van der Waals surface area (Å²) in [6.45, 7) is 3.61. The number of amides is 2. The average Bonchev–Trinajstić information content (AvgIpc) is 2.39. The second-order valence-electron chi connectivity index (χ2n) is 4.47. The van der Waals surface area contributed by atoms with Crippen molar-refractivity contribution in [1.29, 1.82) is 0 Å². The Morgan fingerprint density at radius 2 is 1.85 bits per heavy atom. The van der Waals surface area contributed by atoms with Crippen LogP contribution in [-0.2, 0) is 9.53 Å². The monoisotopic (exact) mass is 318 g/mol. The number of ether oxygens (including phenoxy) is 1. The molecule has 5 nitrogen and oxygen atoms in total. The smallest absolute Gasteiger partial charge is 0.328 e. The second kappa shape index (κ2) is 7.36. The van der Waals surface area contributed by atoms with Crippen LogP contribution in [0.3, 0.4) is 0 Å². The topological polar surface area (TPSA) is 67.4 Å². The van der Waals surface area contributed by atoms with Gasteiger partial charge in [0.25, 0.3) is 0 Å². The summed E-state index contributed by atoms with van der Waals surface area (Å²) in [5.74, 6) is -0.591. The maximum atomic E-state index is 11.8. The van der Waals surface area contributed by atoms with Crippen molar-refractivity contribution < 1.29 is 14.3 Å². The number of carbonyl (C=O) groups is 2. The first-order valence-electron chi connectivity index (χ1n) is 5.95. The van der Waals surface area contributed by atoms with Gasteiger partial charge >= 0.3 is 12.0 Å². The van der Waals surface area contributed by atoms with E-state index >= 15 is 0 Å². The predicted octanol–water partition coefficient (Wildman–Crippen LogP) is 3.31. The lowest BCUT2D eigenvalue weighted by molar-refractivity contribution is -0.143. The summed E-state index contributed by atoms with van der Waals surface area (Å²) < 4.78 is 4.64. The van der Waals surface area contributed by atoms with Crippen molar-refractivity contribution in [3.63, 3.8) is 0 Å². The lowest BCUT2D eigenvalue weighted by atomic mass is 10.1. The SMILES string of the molecule is COC(=O)[C@@H](NC(=O)Nc1ccc(Cl)c(Cl)c1)C(C)C. The Kier molecular flexibility index (Phi) is 6.10. The molecule has 2 amide bonds. The van der Waals surface area contributed by atoms with Gasteiger partial charge in [-0.15, -0.1) is 0 Å². The minimum atomic E-state index is -0.720. The number of hydrogen-bond acceptors (Lipinski definition) is 3. The van der Waals surface area contributed by atoms with Crippen molar-refractivity contribution in [3.8, 4) is 0 Å². The molecular formula is C13H16Cl2N2O3. The number of hydrogen-bond donors (Lipinski definition) is 2.